The maximum atomic E-state index is 9.74. The highest BCUT2D eigenvalue weighted by Gasteiger charge is 2.31. The molecule has 0 spiro atoms. The predicted octanol–water partition coefficient (Wildman–Crippen LogP) is 4.01. The summed E-state index contributed by atoms with van der Waals surface area (Å²) in [4.78, 5) is 2.78. The minimum atomic E-state index is 0.421. The van der Waals surface area contributed by atoms with Gasteiger partial charge in [0.15, 0.2) is 0 Å². The van der Waals surface area contributed by atoms with Crippen LogP contribution in [0.2, 0.25) is 0 Å². The molecular formula is C19H29NO. The molecule has 1 aromatic rings. The van der Waals surface area contributed by atoms with Gasteiger partial charge in [-0.05, 0) is 73.7 Å². The highest BCUT2D eigenvalue weighted by atomic mass is 16.3. The van der Waals surface area contributed by atoms with E-state index in [4.69, 9.17) is 0 Å². The summed E-state index contributed by atoms with van der Waals surface area (Å²) in [5.74, 6) is 2.13. The van der Waals surface area contributed by atoms with Gasteiger partial charge in [-0.3, -0.25) is 4.90 Å². The zero-order valence-electron chi connectivity index (χ0n) is 13.5. The number of hydrogen-bond donors (Lipinski definition) is 1. The van der Waals surface area contributed by atoms with Crippen LogP contribution in [0.5, 0.6) is 5.75 Å². The van der Waals surface area contributed by atoms with Crippen molar-refractivity contribution in [1.29, 1.82) is 0 Å². The molecule has 0 unspecified atom stereocenters. The molecule has 0 saturated heterocycles. The third-order valence-corrected chi connectivity index (χ3v) is 5.47. The van der Waals surface area contributed by atoms with Gasteiger partial charge in [-0.2, -0.15) is 0 Å². The summed E-state index contributed by atoms with van der Waals surface area (Å²) in [7, 11) is 0. The zero-order valence-corrected chi connectivity index (χ0v) is 13.5. The zero-order chi connectivity index (χ0) is 14.8. The molecule has 0 radical (unpaired) electrons. The Morgan fingerprint density at radius 3 is 2.81 bits per heavy atom. The Balaban J connectivity index is 1.83. The monoisotopic (exact) mass is 287 g/mol. The summed E-state index contributed by atoms with van der Waals surface area (Å²) < 4.78 is 0. The molecule has 116 valence electrons. The second-order valence-corrected chi connectivity index (χ2v) is 7.15. The van der Waals surface area contributed by atoms with Crippen molar-refractivity contribution < 1.29 is 5.11 Å². The smallest absolute Gasteiger partial charge is 0.115 e. The van der Waals surface area contributed by atoms with Crippen molar-refractivity contribution in [3.63, 3.8) is 0 Å². The lowest BCUT2D eigenvalue weighted by Crippen LogP contribution is -2.44. The van der Waals surface area contributed by atoms with E-state index >= 15 is 0 Å². The number of phenols is 1. The molecule has 2 aliphatic rings. The van der Waals surface area contributed by atoms with Crippen LogP contribution in [0.15, 0.2) is 18.2 Å². The average Bonchev–Trinajstić information content (AvgIpc) is 3.27. The molecule has 1 N–H and O–H groups in total. The number of rotatable bonds is 4. The molecule has 1 aromatic carbocycles. The first-order valence-corrected chi connectivity index (χ1v) is 8.72. The molecule has 1 saturated carbocycles. The van der Waals surface area contributed by atoms with E-state index in [0.717, 1.165) is 24.7 Å². The van der Waals surface area contributed by atoms with Gasteiger partial charge in [0, 0.05) is 12.6 Å². The fraction of sp³-hybridized carbons (Fsp3) is 0.684. The van der Waals surface area contributed by atoms with Gasteiger partial charge in [0.2, 0.25) is 0 Å². The number of phenolic OH excluding ortho intramolecular Hbond substituents is 1. The highest BCUT2D eigenvalue weighted by molar-refractivity contribution is 5.36. The Labute approximate surface area is 129 Å². The van der Waals surface area contributed by atoms with Crippen LogP contribution >= 0.6 is 0 Å². The maximum Gasteiger partial charge on any atom is 0.115 e. The lowest BCUT2D eigenvalue weighted by molar-refractivity contribution is 0.133. The molecule has 2 atom stereocenters. The van der Waals surface area contributed by atoms with Crippen LogP contribution in [0, 0.1) is 11.8 Å². The fourth-order valence-electron chi connectivity index (χ4n) is 3.73. The molecular weight excluding hydrogens is 258 g/mol. The van der Waals surface area contributed by atoms with E-state index in [2.05, 4.69) is 24.8 Å². The van der Waals surface area contributed by atoms with Crippen molar-refractivity contribution in [3.8, 4) is 5.75 Å². The fourth-order valence-corrected chi connectivity index (χ4v) is 3.73. The van der Waals surface area contributed by atoms with Gasteiger partial charge in [-0.15, -0.1) is 0 Å². The lowest BCUT2D eigenvalue weighted by Gasteiger charge is -2.38. The maximum absolute atomic E-state index is 9.74. The third kappa shape index (κ3) is 3.60. The van der Waals surface area contributed by atoms with Gasteiger partial charge in [-0.25, -0.2) is 0 Å². The van der Waals surface area contributed by atoms with E-state index in [1.54, 1.807) is 0 Å². The van der Waals surface area contributed by atoms with E-state index in [0.29, 0.717) is 11.8 Å². The van der Waals surface area contributed by atoms with E-state index in [1.807, 2.05) is 12.1 Å². The number of hydrogen-bond acceptors (Lipinski definition) is 2. The molecule has 3 rings (SSSR count). The number of nitrogens with zero attached hydrogens (tertiary/aromatic N) is 1. The Bertz CT molecular complexity index is 480. The number of benzene rings is 1. The summed E-state index contributed by atoms with van der Waals surface area (Å²) in [6.07, 6.45) is 7.60. The van der Waals surface area contributed by atoms with Gasteiger partial charge >= 0.3 is 0 Å². The van der Waals surface area contributed by atoms with Crippen LogP contribution in [-0.2, 0) is 12.8 Å². The van der Waals surface area contributed by atoms with Crippen molar-refractivity contribution in [2.24, 2.45) is 11.8 Å². The minimum Gasteiger partial charge on any atom is -0.508 e. The summed E-state index contributed by atoms with van der Waals surface area (Å²) in [5.41, 5.74) is 2.83. The first-order chi connectivity index (χ1) is 10.2. The van der Waals surface area contributed by atoms with Crippen LogP contribution in [0.3, 0.4) is 0 Å². The van der Waals surface area contributed by atoms with Crippen LogP contribution in [0.25, 0.3) is 0 Å². The van der Waals surface area contributed by atoms with Crippen molar-refractivity contribution in [1.82, 2.24) is 4.90 Å². The van der Waals surface area contributed by atoms with E-state index in [-0.39, 0.29) is 0 Å². The molecule has 1 aliphatic carbocycles. The van der Waals surface area contributed by atoms with Crippen molar-refractivity contribution in [2.75, 3.05) is 13.1 Å². The third-order valence-electron chi connectivity index (χ3n) is 5.47. The van der Waals surface area contributed by atoms with Crippen LogP contribution in [0.4, 0.5) is 0 Å². The van der Waals surface area contributed by atoms with E-state index in [1.165, 1.54) is 49.9 Å². The van der Waals surface area contributed by atoms with Crippen molar-refractivity contribution >= 4 is 0 Å². The van der Waals surface area contributed by atoms with Crippen molar-refractivity contribution in [2.45, 2.75) is 58.4 Å². The van der Waals surface area contributed by atoms with Gasteiger partial charge in [-0.1, -0.05) is 26.3 Å². The van der Waals surface area contributed by atoms with Gasteiger partial charge in [0.1, 0.15) is 5.75 Å². The Morgan fingerprint density at radius 2 is 2.10 bits per heavy atom. The van der Waals surface area contributed by atoms with Gasteiger partial charge in [0.05, 0.1) is 0 Å². The first kappa shape index (κ1) is 14.9. The molecule has 0 amide bonds. The predicted molar refractivity (Wildman–Crippen MR) is 87.7 cm³/mol. The Morgan fingerprint density at radius 1 is 1.29 bits per heavy atom. The van der Waals surface area contributed by atoms with Crippen molar-refractivity contribution in [3.05, 3.63) is 29.3 Å². The molecule has 2 heteroatoms. The Kier molecular flexibility index (Phi) is 4.54. The number of aromatic hydroxyl groups is 1. The van der Waals surface area contributed by atoms with E-state index in [9.17, 15) is 5.11 Å². The molecule has 1 heterocycles. The summed E-state index contributed by atoms with van der Waals surface area (Å²) >= 11 is 0. The molecule has 0 bridgehead atoms. The number of aryl methyl sites for hydroxylation is 1. The second kappa shape index (κ2) is 6.39. The van der Waals surface area contributed by atoms with Gasteiger partial charge < -0.3 is 5.11 Å². The average molecular weight is 287 g/mol. The molecule has 21 heavy (non-hydrogen) atoms. The summed E-state index contributed by atoms with van der Waals surface area (Å²) in [5, 5.41) is 9.74. The lowest BCUT2D eigenvalue weighted by atomic mass is 9.86. The van der Waals surface area contributed by atoms with Crippen LogP contribution in [-0.4, -0.2) is 29.1 Å². The van der Waals surface area contributed by atoms with E-state index < -0.39 is 0 Å². The standard InChI is InChI=1S/C19H29NO/c1-3-14(2)19-12-17-8-9-18(21)11-16(17)5-4-10-20(19)13-15-6-7-15/h8-9,11,14-15,19,21H,3-7,10,12-13H2,1-2H3/t14-,19-/m1/s1. The van der Waals surface area contributed by atoms with Crippen LogP contribution in [0.1, 0.15) is 50.7 Å². The largest absolute Gasteiger partial charge is 0.508 e. The topological polar surface area (TPSA) is 23.5 Å². The normalized spacial score (nSPS) is 25.0. The molecule has 1 fully saturated rings. The molecule has 2 nitrogen and oxygen atoms in total. The molecule has 0 aromatic heterocycles. The SMILES string of the molecule is CC[C@@H](C)[C@H]1Cc2ccc(O)cc2CCCN1CC1CC1. The summed E-state index contributed by atoms with van der Waals surface area (Å²) in [6.45, 7) is 7.26. The number of fused-ring (bicyclic) bond motifs is 1. The highest BCUT2D eigenvalue weighted by Crippen LogP contribution is 2.33. The van der Waals surface area contributed by atoms with Gasteiger partial charge in [0.25, 0.3) is 0 Å². The second-order valence-electron chi connectivity index (χ2n) is 7.15. The quantitative estimate of drug-likeness (QED) is 0.904. The Hall–Kier alpha value is -1.02. The minimum absolute atomic E-state index is 0.421. The van der Waals surface area contributed by atoms with Crippen LogP contribution < -0.4 is 0 Å². The summed E-state index contributed by atoms with van der Waals surface area (Å²) in [6, 6.07) is 6.67. The first-order valence-electron chi connectivity index (χ1n) is 8.72. The molecule has 1 aliphatic heterocycles.